The van der Waals surface area contributed by atoms with Gasteiger partial charge < -0.3 is 11.1 Å². The molecule has 0 aromatic heterocycles. The Morgan fingerprint density at radius 3 is 2.28 bits per heavy atom. The zero-order valence-electron chi connectivity index (χ0n) is 11.3. The van der Waals surface area contributed by atoms with Crippen LogP contribution in [0.3, 0.4) is 0 Å². The summed E-state index contributed by atoms with van der Waals surface area (Å²) in [5, 5.41) is 2.92. The number of rotatable bonds is 5. The van der Waals surface area contributed by atoms with Crippen molar-refractivity contribution in [3.8, 4) is 0 Å². The molecule has 0 aliphatic heterocycles. The number of benzene rings is 1. The van der Waals surface area contributed by atoms with Crippen molar-refractivity contribution < 1.29 is 4.79 Å². The van der Waals surface area contributed by atoms with E-state index in [1.165, 1.54) is 5.56 Å². The minimum Gasteiger partial charge on any atom is -0.348 e. The van der Waals surface area contributed by atoms with E-state index in [2.05, 4.69) is 36.5 Å². The summed E-state index contributed by atoms with van der Waals surface area (Å²) in [7, 11) is 0. The van der Waals surface area contributed by atoms with E-state index >= 15 is 0 Å². The fourth-order valence-corrected chi connectivity index (χ4v) is 1.63. The van der Waals surface area contributed by atoms with Gasteiger partial charge in [0.2, 0.25) is 5.91 Å². The zero-order valence-corrected chi connectivity index (χ0v) is 12.1. The van der Waals surface area contributed by atoms with Crippen LogP contribution in [0.1, 0.15) is 44.4 Å². The Labute approximate surface area is 116 Å². The molecule has 0 heterocycles. The number of halogens is 1. The first-order valence-corrected chi connectivity index (χ1v) is 6.23. The lowest BCUT2D eigenvalue weighted by atomic mass is 10.0. The molecule has 0 aliphatic rings. The maximum Gasteiger partial charge on any atom is 0.237 e. The van der Waals surface area contributed by atoms with Gasteiger partial charge in [0.1, 0.15) is 0 Å². The minimum atomic E-state index is -0.410. The van der Waals surface area contributed by atoms with Crippen LogP contribution in [0, 0.1) is 0 Å². The van der Waals surface area contributed by atoms with E-state index in [1.54, 1.807) is 0 Å². The van der Waals surface area contributed by atoms with Crippen molar-refractivity contribution in [2.24, 2.45) is 5.73 Å². The Hall–Kier alpha value is -1.06. The van der Waals surface area contributed by atoms with Crippen LogP contribution in [0.15, 0.2) is 24.3 Å². The molecule has 0 aliphatic carbocycles. The van der Waals surface area contributed by atoms with Gasteiger partial charge in [0.15, 0.2) is 0 Å². The van der Waals surface area contributed by atoms with Crippen LogP contribution in [0.25, 0.3) is 0 Å². The zero-order chi connectivity index (χ0) is 12.8. The predicted molar refractivity (Wildman–Crippen MR) is 77.9 cm³/mol. The second kappa shape index (κ2) is 8.11. The van der Waals surface area contributed by atoms with E-state index in [1.807, 2.05) is 13.8 Å². The summed E-state index contributed by atoms with van der Waals surface area (Å²) in [6.45, 7) is 6.01. The van der Waals surface area contributed by atoms with E-state index in [4.69, 9.17) is 5.73 Å². The van der Waals surface area contributed by atoms with Gasteiger partial charge in [0, 0.05) is 0 Å². The van der Waals surface area contributed by atoms with Crippen LogP contribution in [-0.4, -0.2) is 11.9 Å². The summed E-state index contributed by atoms with van der Waals surface area (Å²) in [4.78, 5) is 11.6. The van der Waals surface area contributed by atoms with Gasteiger partial charge in [-0.1, -0.05) is 38.1 Å². The van der Waals surface area contributed by atoms with Gasteiger partial charge in [-0.15, -0.1) is 12.4 Å². The monoisotopic (exact) mass is 270 g/mol. The van der Waals surface area contributed by atoms with Gasteiger partial charge in [-0.25, -0.2) is 0 Å². The molecule has 1 rings (SSSR count). The van der Waals surface area contributed by atoms with Gasteiger partial charge in [-0.05, 0) is 30.9 Å². The van der Waals surface area contributed by atoms with Crippen molar-refractivity contribution in [2.45, 2.75) is 45.7 Å². The number of nitrogens with one attached hydrogen (secondary N) is 1. The molecule has 102 valence electrons. The van der Waals surface area contributed by atoms with Gasteiger partial charge >= 0.3 is 0 Å². The maximum atomic E-state index is 11.6. The third-order valence-corrected chi connectivity index (χ3v) is 3.02. The van der Waals surface area contributed by atoms with Gasteiger partial charge in [0.05, 0.1) is 12.1 Å². The molecule has 0 bridgehead atoms. The number of hydrogen-bond acceptors (Lipinski definition) is 2. The van der Waals surface area contributed by atoms with Crippen LogP contribution in [0.5, 0.6) is 0 Å². The lowest BCUT2D eigenvalue weighted by Gasteiger charge is -2.17. The van der Waals surface area contributed by atoms with Crippen LogP contribution in [-0.2, 0) is 11.2 Å². The molecule has 1 aromatic carbocycles. The maximum absolute atomic E-state index is 11.6. The Morgan fingerprint density at radius 1 is 1.28 bits per heavy atom. The Bertz CT molecular complexity index is 365. The fraction of sp³-hybridized carbons (Fsp3) is 0.500. The Balaban J connectivity index is 0.00000289. The standard InChI is InChI=1S/C14H22N2O.ClH/c1-4-11-6-8-12(9-7-11)10(3)16-14(17)13(15)5-2;/h6-10,13H,4-5,15H2,1-3H3,(H,16,17);1H/t10?,13-;/m0./s1. The summed E-state index contributed by atoms with van der Waals surface area (Å²) < 4.78 is 0. The number of amides is 1. The third kappa shape index (κ3) is 4.67. The third-order valence-electron chi connectivity index (χ3n) is 3.02. The molecule has 2 atom stereocenters. The summed E-state index contributed by atoms with van der Waals surface area (Å²) in [6, 6.07) is 7.90. The first-order chi connectivity index (χ1) is 8.08. The van der Waals surface area contributed by atoms with Crippen molar-refractivity contribution >= 4 is 18.3 Å². The normalized spacial score (nSPS) is 13.3. The fourth-order valence-electron chi connectivity index (χ4n) is 1.63. The van der Waals surface area contributed by atoms with Crippen molar-refractivity contribution in [1.82, 2.24) is 5.32 Å². The highest BCUT2D eigenvalue weighted by Crippen LogP contribution is 2.13. The highest BCUT2D eigenvalue weighted by molar-refractivity contribution is 5.85. The molecule has 18 heavy (non-hydrogen) atoms. The second-order valence-corrected chi connectivity index (χ2v) is 4.34. The molecule has 1 unspecified atom stereocenters. The van der Waals surface area contributed by atoms with Crippen molar-refractivity contribution in [2.75, 3.05) is 0 Å². The topological polar surface area (TPSA) is 55.1 Å². The number of nitrogens with two attached hydrogens (primary N) is 1. The van der Waals surface area contributed by atoms with Crippen LogP contribution in [0.2, 0.25) is 0 Å². The molecule has 3 N–H and O–H groups in total. The summed E-state index contributed by atoms with van der Waals surface area (Å²) in [5.74, 6) is -0.0837. The SMILES string of the molecule is CCc1ccc(C(C)NC(=O)[C@@H](N)CC)cc1.Cl. The van der Waals surface area contributed by atoms with Crippen LogP contribution in [0.4, 0.5) is 0 Å². The number of aryl methyl sites for hydroxylation is 1. The van der Waals surface area contributed by atoms with Crippen molar-refractivity contribution in [3.05, 3.63) is 35.4 Å². The predicted octanol–water partition coefficient (Wildman–Crippen LogP) is 2.59. The van der Waals surface area contributed by atoms with Gasteiger partial charge in [-0.2, -0.15) is 0 Å². The number of carbonyl (C=O) groups is 1. The Morgan fingerprint density at radius 2 is 1.83 bits per heavy atom. The quantitative estimate of drug-likeness (QED) is 0.864. The summed E-state index contributed by atoms with van der Waals surface area (Å²) >= 11 is 0. The molecule has 0 fully saturated rings. The minimum absolute atomic E-state index is 0. The average Bonchev–Trinajstić information content (AvgIpc) is 2.37. The second-order valence-electron chi connectivity index (χ2n) is 4.34. The lowest BCUT2D eigenvalue weighted by Crippen LogP contribution is -2.41. The van der Waals surface area contributed by atoms with E-state index in [-0.39, 0.29) is 24.4 Å². The molecule has 1 aromatic rings. The number of carbonyl (C=O) groups excluding carboxylic acids is 1. The van der Waals surface area contributed by atoms with Gasteiger partial charge in [0.25, 0.3) is 0 Å². The van der Waals surface area contributed by atoms with E-state index < -0.39 is 6.04 Å². The number of hydrogen-bond donors (Lipinski definition) is 2. The van der Waals surface area contributed by atoms with Crippen LogP contribution >= 0.6 is 12.4 Å². The molecular formula is C14H23ClN2O. The van der Waals surface area contributed by atoms with E-state index in [0.29, 0.717) is 6.42 Å². The smallest absolute Gasteiger partial charge is 0.237 e. The molecule has 0 spiro atoms. The first-order valence-electron chi connectivity index (χ1n) is 6.23. The highest BCUT2D eigenvalue weighted by Gasteiger charge is 2.14. The molecule has 0 saturated carbocycles. The lowest BCUT2D eigenvalue weighted by molar-refractivity contribution is -0.123. The molecule has 0 radical (unpaired) electrons. The average molecular weight is 271 g/mol. The molecular weight excluding hydrogens is 248 g/mol. The summed E-state index contributed by atoms with van der Waals surface area (Å²) in [5.41, 5.74) is 8.09. The largest absolute Gasteiger partial charge is 0.348 e. The highest BCUT2D eigenvalue weighted by atomic mass is 35.5. The molecule has 4 heteroatoms. The van der Waals surface area contributed by atoms with E-state index in [9.17, 15) is 4.79 Å². The Kier molecular flexibility index (Phi) is 7.64. The van der Waals surface area contributed by atoms with Crippen molar-refractivity contribution in [3.63, 3.8) is 0 Å². The first kappa shape index (κ1) is 16.9. The molecule has 0 saturated heterocycles. The van der Waals surface area contributed by atoms with Crippen molar-refractivity contribution in [1.29, 1.82) is 0 Å². The van der Waals surface area contributed by atoms with Crippen LogP contribution < -0.4 is 11.1 Å². The van der Waals surface area contributed by atoms with E-state index in [0.717, 1.165) is 12.0 Å². The van der Waals surface area contributed by atoms with Gasteiger partial charge in [-0.3, -0.25) is 4.79 Å². The molecule has 3 nitrogen and oxygen atoms in total. The molecule has 1 amide bonds. The summed E-state index contributed by atoms with van der Waals surface area (Å²) in [6.07, 6.45) is 1.69.